The maximum Gasteiger partial charge on any atom is 0.158 e. The Labute approximate surface area is 118 Å². The van der Waals surface area contributed by atoms with Crippen LogP contribution in [0.25, 0.3) is 0 Å². The summed E-state index contributed by atoms with van der Waals surface area (Å²) in [5.41, 5.74) is -0.00610. The first-order chi connectivity index (χ1) is 8.28. The second kappa shape index (κ2) is 6.53. The van der Waals surface area contributed by atoms with Crippen LogP contribution in [0, 0.1) is 5.92 Å². The normalized spacial score (nSPS) is 38.2. The van der Waals surface area contributed by atoms with Gasteiger partial charge < -0.3 is 9.47 Å². The summed E-state index contributed by atoms with van der Waals surface area (Å²) >= 11 is 2.38. The molecular weight excluding hydrogens is 327 g/mol. The van der Waals surface area contributed by atoms with Crippen LogP contribution in [0.15, 0.2) is 12.2 Å². The zero-order chi connectivity index (χ0) is 12.1. The van der Waals surface area contributed by atoms with Crippen LogP contribution >= 0.6 is 22.6 Å². The Balaban J connectivity index is 1.89. The Morgan fingerprint density at radius 1 is 1.41 bits per heavy atom. The Kier molecular flexibility index (Phi) is 5.30. The van der Waals surface area contributed by atoms with E-state index in [9.17, 15) is 0 Å². The minimum atomic E-state index is -0.00610. The van der Waals surface area contributed by atoms with Crippen LogP contribution in [0.2, 0.25) is 0 Å². The van der Waals surface area contributed by atoms with Gasteiger partial charge in [0.05, 0.1) is 5.60 Å². The zero-order valence-electron chi connectivity index (χ0n) is 10.7. The van der Waals surface area contributed by atoms with Gasteiger partial charge in [-0.05, 0) is 38.0 Å². The van der Waals surface area contributed by atoms with E-state index in [1.807, 2.05) is 0 Å². The second-order valence-electron chi connectivity index (χ2n) is 5.22. The molecule has 2 fully saturated rings. The van der Waals surface area contributed by atoms with Crippen LogP contribution in [0.4, 0.5) is 0 Å². The Morgan fingerprint density at radius 3 is 2.82 bits per heavy atom. The molecule has 1 atom stereocenters. The van der Waals surface area contributed by atoms with Crippen LogP contribution in [0.3, 0.4) is 0 Å². The number of rotatable bonds is 5. The fourth-order valence-electron chi connectivity index (χ4n) is 2.80. The van der Waals surface area contributed by atoms with Crippen LogP contribution in [-0.4, -0.2) is 22.9 Å². The number of hydrogen-bond acceptors (Lipinski definition) is 2. The molecule has 1 aliphatic carbocycles. The molecule has 2 nitrogen and oxygen atoms in total. The highest BCUT2D eigenvalue weighted by atomic mass is 127. The third-order valence-corrected chi connectivity index (χ3v) is 4.37. The van der Waals surface area contributed by atoms with E-state index in [4.69, 9.17) is 9.47 Å². The highest BCUT2D eigenvalue weighted by Gasteiger charge is 2.44. The fraction of sp³-hybridized carbons (Fsp3) is 0.857. The van der Waals surface area contributed by atoms with Gasteiger partial charge in [0, 0.05) is 11.0 Å². The van der Waals surface area contributed by atoms with E-state index in [-0.39, 0.29) is 11.9 Å². The summed E-state index contributed by atoms with van der Waals surface area (Å²) in [7, 11) is 0. The zero-order valence-corrected chi connectivity index (χ0v) is 12.8. The molecule has 0 aromatic rings. The van der Waals surface area contributed by atoms with Crippen LogP contribution in [-0.2, 0) is 9.47 Å². The molecule has 1 saturated carbocycles. The van der Waals surface area contributed by atoms with Gasteiger partial charge in [-0.3, -0.25) is 0 Å². The van der Waals surface area contributed by atoms with Crippen molar-refractivity contribution in [3.63, 3.8) is 0 Å². The van der Waals surface area contributed by atoms with Gasteiger partial charge in [0.2, 0.25) is 0 Å². The molecular formula is C14H23IO2. The third-order valence-electron chi connectivity index (χ3n) is 3.86. The van der Waals surface area contributed by atoms with Crippen molar-refractivity contribution in [1.29, 1.82) is 0 Å². The minimum Gasteiger partial charge on any atom is -0.353 e. The van der Waals surface area contributed by atoms with Gasteiger partial charge in [-0.15, -0.1) is 0 Å². The van der Waals surface area contributed by atoms with Gasteiger partial charge >= 0.3 is 0 Å². The summed E-state index contributed by atoms with van der Waals surface area (Å²) in [4.78, 5) is 0. The van der Waals surface area contributed by atoms with Crippen molar-refractivity contribution in [3.05, 3.63) is 12.2 Å². The lowest BCUT2D eigenvalue weighted by Crippen LogP contribution is -2.47. The fourth-order valence-corrected chi connectivity index (χ4v) is 3.06. The molecule has 0 radical (unpaired) electrons. The third kappa shape index (κ3) is 3.67. The topological polar surface area (TPSA) is 18.5 Å². The number of halogens is 1. The van der Waals surface area contributed by atoms with Gasteiger partial charge in [0.15, 0.2) is 6.29 Å². The lowest BCUT2D eigenvalue weighted by atomic mass is 9.69. The van der Waals surface area contributed by atoms with Crippen molar-refractivity contribution in [2.24, 2.45) is 5.92 Å². The highest BCUT2D eigenvalue weighted by Crippen LogP contribution is 2.45. The molecule has 1 heterocycles. The van der Waals surface area contributed by atoms with E-state index in [2.05, 4.69) is 41.7 Å². The molecule has 1 aliphatic heterocycles. The SMILES string of the molecule is CCC1CC(C=CCI)(OC2CCCCO2)C1. The summed E-state index contributed by atoms with van der Waals surface area (Å²) in [5.74, 6) is 0.845. The molecule has 1 unspecified atom stereocenters. The highest BCUT2D eigenvalue weighted by molar-refractivity contribution is 14.1. The molecule has 0 spiro atoms. The maximum absolute atomic E-state index is 6.24. The average Bonchev–Trinajstić information content (AvgIpc) is 2.33. The molecule has 2 rings (SSSR count). The number of allylic oxidation sites excluding steroid dienone is 1. The summed E-state index contributed by atoms with van der Waals surface area (Å²) in [6.07, 6.45) is 11.7. The molecule has 0 amide bonds. The first-order valence-corrected chi connectivity index (χ1v) is 8.33. The monoisotopic (exact) mass is 350 g/mol. The predicted molar refractivity (Wildman–Crippen MR) is 78.4 cm³/mol. The summed E-state index contributed by atoms with van der Waals surface area (Å²) in [6.45, 7) is 3.14. The molecule has 17 heavy (non-hydrogen) atoms. The van der Waals surface area contributed by atoms with Gasteiger partial charge in [-0.2, -0.15) is 0 Å². The number of alkyl halides is 1. The Bertz CT molecular complexity index is 253. The summed E-state index contributed by atoms with van der Waals surface area (Å²) in [6, 6.07) is 0. The van der Waals surface area contributed by atoms with Crippen LogP contribution < -0.4 is 0 Å². The molecule has 0 N–H and O–H groups in total. The minimum absolute atomic E-state index is 0.00610. The van der Waals surface area contributed by atoms with Gasteiger partial charge in [0.1, 0.15) is 0 Å². The molecule has 0 aromatic heterocycles. The van der Waals surface area contributed by atoms with Gasteiger partial charge in [-0.1, -0.05) is 48.1 Å². The van der Waals surface area contributed by atoms with Crippen molar-refractivity contribution in [1.82, 2.24) is 0 Å². The van der Waals surface area contributed by atoms with Crippen LogP contribution in [0.1, 0.15) is 45.4 Å². The quantitative estimate of drug-likeness (QED) is 0.423. The number of ether oxygens (including phenoxy) is 2. The first-order valence-electron chi connectivity index (χ1n) is 6.81. The van der Waals surface area contributed by atoms with E-state index in [0.717, 1.165) is 23.4 Å². The Hall–Kier alpha value is 0.390. The Morgan fingerprint density at radius 2 is 2.24 bits per heavy atom. The van der Waals surface area contributed by atoms with Crippen molar-refractivity contribution < 1.29 is 9.47 Å². The predicted octanol–water partition coefficient (Wildman–Crippen LogP) is 4.08. The van der Waals surface area contributed by atoms with Crippen molar-refractivity contribution in [3.8, 4) is 0 Å². The number of hydrogen-bond donors (Lipinski definition) is 0. The van der Waals surface area contributed by atoms with Crippen molar-refractivity contribution in [2.75, 3.05) is 11.0 Å². The summed E-state index contributed by atoms with van der Waals surface area (Å²) in [5, 5.41) is 0. The molecule has 98 valence electrons. The standard InChI is InChI=1S/C14H23IO2/c1-2-12-10-14(11-12,7-5-8-15)17-13-6-3-4-9-16-13/h5,7,12-13H,2-4,6,8-11H2,1H3. The van der Waals surface area contributed by atoms with Crippen LogP contribution in [0.5, 0.6) is 0 Å². The van der Waals surface area contributed by atoms with Gasteiger partial charge in [0.25, 0.3) is 0 Å². The molecule has 0 bridgehead atoms. The van der Waals surface area contributed by atoms with Crippen molar-refractivity contribution >= 4 is 22.6 Å². The maximum atomic E-state index is 6.24. The average molecular weight is 350 g/mol. The smallest absolute Gasteiger partial charge is 0.158 e. The van der Waals surface area contributed by atoms with E-state index < -0.39 is 0 Å². The van der Waals surface area contributed by atoms with E-state index in [1.54, 1.807) is 0 Å². The van der Waals surface area contributed by atoms with Crippen molar-refractivity contribution in [2.45, 2.75) is 57.3 Å². The summed E-state index contributed by atoms with van der Waals surface area (Å²) < 4.78 is 13.0. The van der Waals surface area contributed by atoms with E-state index in [1.165, 1.54) is 32.1 Å². The lowest BCUT2D eigenvalue weighted by molar-refractivity contribution is -0.239. The molecule has 1 saturated heterocycles. The lowest BCUT2D eigenvalue weighted by Gasteiger charge is -2.47. The molecule has 2 aliphatic rings. The van der Waals surface area contributed by atoms with E-state index >= 15 is 0 Å². The van der Waals surface area contributed by atoms with Gasteiger partial charge in [-0.25, -0.2) is 0 Å². The molecule has 0 aromatic carbocycles. The second-order valence-corrected chi connectivity index (χ2v) is 6.10. The molecule has 3 heteroatoms. The van der Waals surface area contributed by atoms with E-state index in [0.29, 0.717) is 0 Å². The first kappa shape index (κ1) is 13.8. The largest absolute Gasteiger partial charge is 0.353 e.